The summed E-state index contributed by atoms with van der Waals surface area (Å²) < 4.78 is 56.4. The number of carbonyl (C=O) groups excluding carboxylic acids is 2. The summed E-state index contributed by atoms with van der Waals surface area (Å²) in [5.74, 6) is 0.246. The maximum absolute atomic E-state index is 12.9. The van der Waals surface area contributed by atoms with Gasteiger partial charge in [-0.3, -0.25) is 10.1 Å². The number of hydrogen-bond donors (Lipinski definition) is 1. The van der Waals surface area contributed by atoms with Gasteiger partial charge in [-0.15, -0.1) is 0 Å². The minimum Gasteiger partial charge on any atom is -0.486 e. The third-order valence-corrected chi connectivity index (χ3v) is 7.06. The molecule has 1 aromatic carbocycles. The monoisotopic (exact) mass is 574 g/mol. The standard InChI is InChI=1S/C19H22F3IN2O5S/c1-4-28-16(26)12-8-11(12)15-9-25(31-23)13-7-10(5-6-14(13)29-15)24-17(27)30-18(2,3)19(20,21)22/h5-7,11-12,15H,4,8-9H2,1-3H3,(H,24,27). The number of rotatable bonds is 6. The minimum atomic E-state index is -4.69. The Balaban J connectivity index is 1.68. The highest BCUT2D eigenvalue weighted by Crippen LogP contribution is 2.49. The Bertz CT molecular complexity index is 854. The molecule has 1 amide bonds. The summed E-state index contributed by atoms with van der Waals surface area (Å²) in [5, 5.41) is 2.33. The number of nitrogens with one attached hydrogen (secondary N) is 1. The fourth-order valence-electron chi connectivity index (χ4n) is 3.22. The molecule has 1 aliphatic heterocycles. The van der Waals surface area contributed by atoms with E-state index in [0.717, 1.165) is 13.8 Å². The van der Waals surface area contributed by atoms with Crippen LogP contribution in [0.15, 0.2) is 18.2 Å². The molecule has 0 bridgehead atoms. The van der Waals surface area contributed by atoms with Gasteiger partial charge in [0.05, 0.1) is 24.8 Å². The summed E-state index contributed by atoms with van der Waals surface area (Å²) in [6.07, 6.45) is -5.39. The van der Waals surface area contributed by atoms with E-state index in [1.807, 2.05) is 4.31 Å². The predicted molar refractivity (Wildman–Crippen MR) is 118 cm³/mol. The normalized spacial score (nSPS) is 22.8. The van der Waals surface area contributed by atoms with Crippen LogP contribution in [0.1, 0.15) is 27.2 Å². The van der Waals surface area contributed by atoms with Gasteiger partial charge in [0.1, 0.15) is 11.9 Å². The molecule has 1 heterocycles. The van der Waals surface area contributed by atoms with Crippen molar-refractivity contribution in [3.05, 3.63) is 18.2 Å². The first-order chi connectivity index (χ1) is 14.5. The number of fused-ring (bicyclic) bond motifs is 1. The topological polar surface area (TPSA) is 77.1 Å². The summed E-state index contributed by atoms with van der Waals surface area (Å²) in [5.41, 5.74) is -1.68. The molecule has 0 spiro atoms. The number of anilines is 2. The van der Waals surface area contributed by atoms with Crippen LogP contribution in [0, 0.1) is 11.8 Å². The SMILES string of the molecule is CCOC(=O)C1CC1C1CN(SI)c2cc(NC(=O)OC(C)(C)C(F)(F)F)ccc2O1. The molecule has 1 aromatic rings. The van der Waals surface area contributed by atoms with Crippen molar-refractivity contribution in [2.45, 2.75) is 45.1 Å². The van der Waals surface area contributed by atoms with E-state index < -0.39 is 17.9 Å². The molecule has 3 rings (SSSR count). The van der Waals surface area contributed by atoms with Crippen LogP contribution in [0.2, 0.25) is 0 Å². The fraction of sp³-hybridized carbons (Fsp3) is 0.579. The zero-order valence-corrected chi connectivity index (χ0v) is 20.0. The average Bonchev–Trinajstić information content (AvgIpc) is 3.47. The lowest BCUT2D eigenvalue weighted by Crippen LogP contribution is -2.44. The average molecular weight is 574 g/mol. The summed E-state index contributed by atoms with van der Waals surface area (Å²) in [4.78, 5) is 23.9. The summed E-state index contributed by atoms with van der Waals surface area (Å²) in [6, 6.07) is 4.76. The molecule has 2 aliphatic rings. The maximum Gasteiger partial charge on any atom is 0.427 e. The van der Waals surface area contributed by atoms with E-state index in [0.29, 0.717) is 31.0 Å². The predicted octanol–water partition coefficient (Wildman–Crippen LogP) is 5.34. The van der Waals surface area contributed by atoms with E-state index in [1.54, 1.807) is 19.1 Å². The van der Waals surface area contributed by atoms with Crippen molar-refractivity contribution in [2.75, 3.05) is 22.8 Å². The number of carbonyl (C=O) groups is 2. The van der Waals surface area contributed by atoms with Crippen LogP contribution in [-0.4, -0.2) is 43.1 Å². The fourth-order valence-corrected chi connectivity index (χ4v) is 4.76. The highest BCUT2D eigenvalue weighted by molar-refractivity contribution is 14.2. The third kappa shape index (κ3) is 5.44. The van der Waals surface area contributed by atoms with Crippen LogP contribution < -0.4 is 14.4 Å². The zero-order valence-electron chi connectivity index (χ0n) is 17.0. The molecule has 1 saturated carbocycles. The van der Waals surface area contributed by atoms with Crippen LogP contribution in [0.4, 0.5) is 29.3 Å². The van der Waals surface area contributed by atoms with Crippen LogP contribution in [0.5, 0.6) is 5.75 Å². The molecule has 7 nitrogen and oxygen atoms in total. The second kappa shape index (κ2) is 9.12. The van der Waals surface area contributed by atoms with Crippen molar-refractivity contribution < 1.29 is 37.0 Å². The maximum atomic E-state index is 12.9. The Morgan fingerprint density at radius 1 is 1.35 bits per heavy atom. The van der Waals surface area contributed by atoms with Crippen molar-refractivity contribution in [1.82, 2.24) is 0 Å². The Hall–Kier alpha value is -1.57. The first-order valence-corrected chi connectivity index (χ1v) is 12.9. The van der Waals surface area contributed by atoms with Gasteiger partial charge in [0.25, 0.3) is 0 Å². The lowest BCUT2D eigenvalue weighted by Gasteiger charge is -2.34. The van der Waals surface area contributed by atoms with Crippen LogP contribution in [0.25, 0.3) is 0 Å². The van der Waals surface area contributed by atoms with Crippen molar-refractivity contribution >= 4 is 53.8 Å². The van der Waals surface area contributed by atoms with Gasteiger partial charge < -0.3 is 18.5 Å². The Labute approximate surface area is 194 Å². The third-order valence-electron chi connectivity index (χ3n) is 5.12. The minimum absolute atomic E-state index is 0.0654. The van der Waals surface area contributed by atoms with Crippen molar-refractivity contribution in [2.24, 2.45) is 11.8 Å². The molecule has 3 atom stereocenters. The van der Waals surface area contributed by atoms with Gasteiger partial charge in [-0.25, -0.2) is 4.79 Å². The highest BCUT2D eigenvalue weighted by Gasteiger charge is 2.52. The zero-order chi connectivity index (χ0) is 23.0. The van der Waals surface area contributed by atoms with E-state index in [-0.39, 0.29) is 29.6 Å². The second-order valence-corrected chi connectivity index (χ2v) is 9.51. The van der Waals surface area contributed by atoms with E-state index >= 15 is 0 Å². The molecule has 172 valence electrons. The molecule has 0 saturated heterocycles. The highest BCUT2D eigenvalue weighted by atomic mass is 127. The molecule has 1 N–H and O–H groups in total. The molecule has 31 heavy (non-hydrogen) atoms. The molecule has 0 aromatic heterocycles. The van der Waals surface area contributed by atoms with Gasteiger partial charge in [-0.1, -0.05) is 0 Å². The molecular weight excluding hydrogens is 552 g/mol. The van der Waals surface area contributed by atoms with Gasteiger partial charge >= 0.3 is 18.2 Å². The summed E-state index contributed by atoms with van der Waals surface area (Å²) in [7, 11) is 1.41. The Morgan fingerprint density at radius 2 is 2.06 bits per heavy atom. The largest absolute Gasteiger partial charge is 0.486 e. The van der Waals surface area contributed by atoms with E-state index in [2.05, 4.69) is 31.3 Å². The number of nitrogens with zero attached hydrogens (tertiary/aromatic N) is 1. The van der Waals surface area contributed by atoms with Gasteiger partial charge in [0.2, 0.25) is 5.60 Å². The Kier molecular flexibility index (Phi) is 7.08. The second-order valence-electron chi connectivity index (χ2n) is 7.75. The smallest absolute Gasteiger partial charge is 0.427 e. The number of hydrogen-bond acceptors (Lipinski definition) is 7. The van der Waals surface area contributed by atoms with Crippen molar-refractivity contribution in [3.63, 3.8) is 0 Å². The van der Waals surface area contributed by atoms with E-state index in [1.165, 1.54) is 15.2 Å². The lowest BCUT2D eigenvalue weighted by molar-refractivity contribution is -0.242. The van der Waals surface area contributed by atoms with Gasteiger partial charge in [0.15, 0.2) is 0 Å². The van der Waals surface area contributed by atoms with E-state index in [9.17, 15) is 22.8 Å². The van der Waals surface area contributed by atoms with Gasteiger partial charge in [-0.05, 0) is 45.4 Å². The number of alkyl halides is 3. The number of amides is 1. The number of benzene rings is 1. The van der Waals surface area contributed by atoms with Crippen molar-refractivity contribution in [1.29, 1.82) is 0 Å². The van der Waals surface area contributed by atoms with Crippen LogP contribution in [0.3, 0.4) is 0 Å². The van der Waals surface area contributed by atoms with E-state index in [4.69, 9.17) is 9.47 Å². The molecule has 3 unspecified atom stereocenters. The molecule has 1 fully saturated rings. The molecule has 1 aliphatic carbocycles. The number of ether oxygens (including phenoxy) is 3. The first kappa shape index (κ1) is 24.1. The lowest BCUT2D eigenvalue weighted by atomic mass is 10.1. The number of esters is 1. The van der Waals surface area contributed by atoms with Gasteiger partial charge in [0, 0.05) is 41.9 Å². The molecular formula is C19H22F3IN2O5S. The van der Waals surface area contributed by atoms with Gasteiger partial charge in [-0.2, -0.15) is 13.2 Å². The first-order valence-electron chi connectivity index (χ1n) is 9.57. The van der Waals surface area contributed by atoms with Crippen LogP contribution >= 0.6 is 30.3 Å². The quantitative estimate of drug-likeness (QED) is 0.279. The summed E-state index contributed by atoms with van der Waals surface area (Å²) >= 11 is 2.11. The van der Waals surface area contributed by atoms with Crippen LogP contribution in [-0.2, 0) is 14.3 Å². The molecule has 0 radical (unpaired) electrons. The Morgan fingerprint density at radius 3 is 2.68 bits per heavy atom. The van der Waals surface area contributed by atoms with Crippen molar-refractivity contribution in [3.8, 4) is 5.75 Å². The molecule has 12 heteroatoms. The number of halogens is 4. The summed E-state index contributed by atoms with van der Waals surface area (Å²) in [6.45, 7) is 4.18.